The van der Waals surface area contributed by atoms with Crippen LogP contribution in [0.2, 0.25) is 0 Å². The lowest BCUT2D eigenvalue weighted by atomic mass is 10.1. The predicted octanol–water partition coefficient (Wildman–Crippen LogP) is 4.49. The molecule has 0 aromatic heterocycles. The highest BCUT2D eigenvalue weighted by Crippen LogP contribution is 2.31. The first-order valence-electron chi connectivity index (χ1n) is 10.5. The summed E-state index contributed by atoms with van der Waals surface area (Å²) in [5, 5.41) is 15.2. The number of nitrogens with one attached hydrogen (secondary N) is 1. The molecule has 1 N–H and O–H groups in total. The molecule has 2 heterocycles. The Morgan fingerprint density at radius 3 is 2.67 bits per heavy atom. The Hall–Kier alpha value is -3.59. The maximum absolute atomic E-state index is 12.5. The van der Waals surface area contributed by atoms with Gasteiger partial charge in [-0.25, -0.2) is 0 Å². The van der Waals surface area contributed by atoms with Gasteiger partial charge in [0.15, 0.2) is 17.3 Å². The number of carbonyl (C=O) groups excluding carboxylic acids is 1. The molecule has 0 saturated carbocycles. The van der Waals surface area contributed by atoms with Crippen molar-refractivity contribution in [2.75, 3.05) is 19.8 Å². The van der Waals surface area contributed by atoms with Crippen LogP contribution in [0.5, 0.6) is 17.2 Å². The summed E-state index contributed by atoms with van der Waals surface area (Å²) in [6, 6.07) is 13.2. The fraction of sp³-hybridized carbons (Fsp3) is 0.250. The first kappa shape index (κ1) is 22.6. The van der Waals surface area contributed by atoms with Gasteiger partial charge in [-0.1, -0.05) is 18.2 Å². The number of hydrogen-bond acceptors (Lipinski definition) is 7. The van der Waals surface area contributed by atoms with Gasteiger partial charge >= 0.3 is 0 Å². The Morgan fingerprint density at radius 1 is 1.06 bits per heavy atom. The number of amidine groups is 2. The number of fused-ring (bicyclic) bond motifs is 1. The summed E-state index contributed by atoms with van der Waals surface area (Å²) in [6.45, 7) is 6.90. The van der Waals surface area contributed by atoms with E-state index in [1.807, 2.05) is 45.0 Å². The Kier molecular flexibility index (Phi) is 6.79. The van der Waals surface area contributed by atoms with E-state index in [0.717, 1.165) is 16.4 Å². The molecule has 33 heavy (non-hydrogen) atoms. The maximum Gasteiger partial charge on any atom is 0.283 e. The normalized spacial score (nSPS) is 16.5. The van der Waals surface area contributed by atoms with Crippen LogP contribution in [-0.4, -0.2) is 46.8 Å². The second kappa shape index (κ2) is 9.91. The molecule has 0 atom stereocenters. The highest BCUT2D eigenvalue weighted by molar-refractivity contribution is 8.26. The number of benzene rings is 2. The molecule has 0 aliphatic carbocycles. The van der Waals surface area contributed by atoms with Crippen LogP contribution in [0.15, 0.2) is 58.1 Å². The number of aryl methyl sites for hydroxylation is 1. The quantitative estimate of drug-likeness (QED) is 0.457. The van der Waals surface area contributed by atoms with Crippen molar-refractivity contribution in [1.29, 1.82) is 5.41 Å². The average molecular weight is 465 g/mol. The van der Waals surface area contributed by atoms with Crippen LogP contribution in [-0.2, 0) is 4.79 Å². The van der Waals surface area contributed by atoms with Gasteiger partial charge in [0.2, 0.25) is 5.17 Å². The van der Waals surface area contributed by atoms with Gasteiger partial charge in [0.1, 0.15) is 19.0 Å². The number of amides is 1. The molecule has 0 unspecified atom stereocenters. The standard InChI is InChI=1S/C24H24N4O4S/c1-4-30-21-14-17(13-19-22(25)28-24(26-23(19)29)33-16(3)27-28)8-9-20(21)32-11-10-31-18-7-5-6-15(2)12-18/h5-9,12-14,25H,4,10-11H2,1-3H3/b19-13+,25-22?. The molecule has 2 aromatic rings. The maximum atomic E-state index is 12.5. The second-order valence-corrected chi connectivity index (χ2v) is 8.45. The minimum atomic E-state index is -0.463. The van der Waals surface area contributed by atoms with E-state index >= 15 is 0 Å². The number of hydrogen-bond donors (Lipinski definition) is 1. The molecule has 0 fully saturated rings. The summed E-state index contributed by atoms with van der Waals surface area (Å²) in [5.74, 6) is 1.46. The molecule has 0 radical (unpaired) electrons. The van der Waals surface area contributed by atoms with Crippen LogP contribution in [0.4, 0.5) is 0 Å². The van der Waals surface area contributed by atoms with Crippen LogP contribution < -0.4 is 14.2 Å². The molecule has 9 heteroatoms. The second-order valence-electron chi connectivity index (χ2n) is 7.29. The van der Waals surface area contributed by atoms with Crippen molar-refractivity contribution in [2.45, 2.75) is 20.8 Å². The van der Waals surface area contributed by atoms with Gasteiger partial charge in [0, 0.05) is 0 Å². The summed E-state index contributed by atoms with van der Waals surface area (Å²) in [7, 11) is 0. The number of aliphatic imine (C=N–C) groups is 1. The van der Waals surface area contributed by atoms with Gasteiger partial charge in [-0.2, -0.15) is 15.1 Å². The fourth-order valence-corrected chi connectivity index (χ4v) is 4.01. The molecule has 0 bridgehead atoms. The number of rotatable bonds is 8. The Bertz CT molecular complexity index is 1190. The Balaban J connectivity index is 1.46. The predicted molar refractivity (Wildman–Crippen MR) is 130 cm³/mol. The zero-order valence-electron chi connectivity index (χ0n) is 18.6. The summed E-state index contributed by atoms with van der Waals surface area (Å²) >= 11 is 1.28. The molecule has 4 rings (SSSR count). The fourth-order valence-electron chi connectivity index (χ4n) is 3.27. The Labute approximate surface area is 196 Å². The highest BCUT2D eigenvalue weighted by atomic mass is 32.2. The first-order chi connectivity index (χ1) is 15.9. The van der Waals surface area contributed by atoms with Crippen LogP contribution in [0.1, 0.15) is 25.0 Å². The lowest BCUT2D eigenvalue weighted by molar-refractivity contribution is -0.114. The van der Waals surface area contributed by atoms with Crippen molar-refractivity contribution >= 4 is 39.8 Å². The molecule has 2 aliphatic rings. The zero-order valence-corrected chi connectivity index (χ0v) is 19.4. The van der Waals surface area contributed by atoms with Crippen molar-refractivity contribution in [2.24, 2.45) is 10.1 Å². The number of nitrogens with zero attached hydrogens (tertiary/aromatic N) is 3. The largest absolute Gasteiger partial charge is 0.490 e. The minimum Gasteiger partial charge on any atom is -0.490 e. The van der Waals surface area contributed by atoms with E-state index in [0.29, 0.717) is 42.1 Å². The van der Waals surface area contributed by atoms with Crippen LogP contribution in [0, 0.1) is 12.3 Å². The van der Waals surface area contributed by atoms with Crippen molar-refractivity contribution in [3.8, 4) is 17.2 Å². The van der Waals surface area contributed by atoms with E-state index in [2.05, 4.69) is 10.1 Å². The number of thioether (sulfide) groups is 1. The van der Waals surface area contributed by atoms with Crippen molar-refractivity contribution < 1.29 is 19.0 Å². The van der Waals surface area contributed by atoms with E-state index in [1.54, 1.807) is 24.3 Å². The SMILES string of the molecule is CCOc1cc(/C=C2\C(=N)N3N=C(C)SC3=NC2=O)ccc1OCCOc1cccc(C)c1. The Morgan fingerprint density at radius 2 is 1.88 bits per heavy atom. The van der Waals surface area contributed by atoms with E-state index in [1.165, 1.54) is 16.8 Å². The summed E-state index contributed by atoms with van der Waals surface area (Å²) in [6.07, 6.45) is 1.62. The number of hydrazone groups is 1. The van der Waals surface area contributed by atoms with Gasteiger partial charge in [-0.05, 0) is 74.0 Å². The molecule has 0 spiro atoms. The summed E-state index contributed by atoms with van der Waals surface area (Å²) in [5.41, 5.74) is 2.00. The van der Waals surface area contributed by atoms with Gasteiger partial charge in [0.25, 0.3) is 5.91 Å². The van der Waals surface area contributed by atoms with Crippen molar-refractivity contribution in [1.82, 2.24) is 5.01 Å². The van der Waals surface area contributed by atoms with Crippen LogP contribution in [0.25, 0.3) is 6.08 Å². The van der Waals surface area contributed by atoms with Gasteiger partial charge < -0.3 is 14.2 Å². The monoisotopic (exact) mass is 464 g/mol. The first-order valence-corrected chi connectivity index (χ1v) is 11.3. The smallest absolute Gasteiger partial charge is 0.283 e. The topological polar surface area (TPSA) is 96.6 Å². The third kappa shape index (κ3) is 5.25. The average Bonchev–Trinajstić information content (AvgIpc) is 3.16. The lowest BCUT2D eigenvalue weighted by Crippen LogP contribution is -2.35. The molecule has 2 aliphatic heterocycles. The van der Waals surface area contributed by atoms with Gasteiger partial charge in [-0.15, -0.1) is 0 Å². The number of carbonyl (C=O) groups is 1. The molecular weight excluding hydrogens is 440 g/mol. The van der Waals surface area contributed by atoms with Crippen LogP contribution >= 0.6 is 11.8 Å². The van der Waals surface area contributed by atoms with Crippen molar-refractivity contribution in [3.63, 3.8) is 0 Å². The molecular formula is C24H24N4O4S. The van der Waals surface area contributed by atoms with Gasteiger partial charge in [-0.3, -0.25) is 10.2 Å². The van der Waals surface area contributed by atoms with Gasteiger partial charge in [0.05, 0.1) is 17.2 Å². The summed E-state index contributed by atoms with van der Waals surface area (Å²) in [4.78, 5) is 16.5. The van der Waals surface area contributed by atoms with E-state index in [4.69, 9.17) is 19.6 Å². The third-order valence-electron chi connectivity index (χ3n) is 4.73. The van der Waals surface area contributed by atoms with Crippen molar-refractivity contribution in [3.05, 3.63) is 59.2 Å². The molecule has 0 saturated heterocycles. The number of ether oxygens (including phenoxy) is 3. The van der Waals surface area contributed by atoms with E-state index < -0.39 is 5.91 Å². The summed E-state index contributed by atoms with van der Waals surface area (Å²) < 4.78 is 17.3. The molecule has 8 nitrogen and oxygen atoms in total. The lowest BCUT2D eigenvalue weighted by Gasteiger charge is -2.20. The molecule has 1 amide bonds. The third-order valence-corrected chi connectivity index (χ3v) is 5.56. The van der Waals surface area contributed by atoms with Crippen LogP contribution in [0.3, 0.4) is 0 Å². The molecule has 2 aromatic carbocycles. The van der Waals surface area contributed by atoms with E-state index in [-0.39, 0.29) is 11.4 Å². The minimum absolute atomic E-state index is 0.000865. The highest BCUT2D eigenvalue weighted by Gasteiger charge is 2.34. The van der Waals surface area contributed by atoms with E-state index in [9.17, 15) is 4.79 Å². The zero-order chi connectivity index (χ0) is 23.4. The molecule has 170 valence electrons.